The molecule has 9 heteroatoms. The molecule has 8 nitrogen and oxygen atoms in total. The number of hydrogen-bond acceptors (Lipinski definition) is 6. The van der Waals surface area contributed by atoms with E-state index in [4.69, 9.17) is 4.74 Å². The first-order chi connectivity index (χ1) is 11.0. The lowest BCUT2D eigenvalue weighted by Crippen LogP contribution is -2.35. The first-order valence-corrected chi connectivity index (χ1v) is 7.43. The predicted molar refractivity (Wildman–Crippen MR) is 78.1 cm³/mol. The molecule has 2 fully saturated rings. The van der Waals surface area contributed by atoms with Gasteiger partial charge in [0.2, 0.25) is 11.9 Å². The molecule has 2 aliphatic rings. The monoisotopic (exact) mass is 323 g/mol. The normalized spacial score (nSPS) is 23.6. The summed E-state index contributed by atoms with van der Waals surface area (Å²) in [6.45, 7) is 1.36. The number of carbonyl (C=O) groups is 2. The van der Waals surface area contributed by atoms with Crippen LogP contribution in [0.3, 0.4) is 0 Å². The van der Waals surface area contributed by atoms with Crippen molar-refractivity contribution in [2.45, 2.75) is 38.0 Å². The SMILES string of the molecule is CC(=O)NC[C@@H]1OC(=O)N(F)C1c1ccnc(N(C)C2CC2)n1. The number of rotatable bonds is 5. The largest absolute Gasteiger partial charge is 0.440 e. The molecule has 2 amide bonds. The zero-order valence-electron chi connectivity index (χ0n) is 12.9. The number of nitrogens with one attached hydrogen (secondary N) is 1. The highest BCUT2D eigenvalue weighted by Gasteiger charge is 2.45. The van der Waals surface area contributed by atoms with Gasteiger partial charge in [0, 0.05) is 26.2 Å². The molecular formula is C14H18FN5O3. The number of amides is 2. The minimum atomic E-state index is -1.08. The van der Waals surface area contributed by atoms with E-state index >= 15 is 0 Å². The van der Waals surface area contributed by atoms with Gasteiger partial charge in [-0.15, -0.1) is 5.12 Å². The van der Waals surface area contributed by atoms with Crippen molar-refractivity contribution in [1.82, 2.24) is 20.4 Å². The molecule has 1 aromatic heterocycles. The standard InChI is InChI=1S/C14H18FN5O3/c1-8(21)17-7-11-12(20(15)14(22)23-11)10-5-6-16-13(18-10)19(2)9-3-4-9/h5-6,9,11-12H,3-4,7H2,1-2H3,(H,17,21)/t11-,12?/m0/s1. The van der Waals surface area contributed by atoms with Gasteiger partial charge in [0.25, 0.3) is 0 Å². The predicted octanol–water partition coefficient (Wildman–Crippen LogP) is 0.958. The summed E-state index contributed by atoms with van der Waals surface area (Å²) in [7, 11) is 1.88. The van der Waals surface area contributed by atoms with Crippen LogP contribution in [0.4, 0.5) is 15.2 Å². The van der Waals surface area contributed by atoms with Crippen LogP contribution in [0.1, 0.15) is 31.5 Å². The maximum absolute atomic E-state index is 14.1. The summed E-state index contributed by atoms with van der Waals surface area (Å²) >= 11 is 0. The Morgan fingerprint density at radius 3 is 2.96 bits per heavy atom. The number of cyclic esters (lactones) is 1. The minimum absolute atomic E-state index is 0.00964. The van der Waals surface area contributed by atoms with Gasteiger partial charge in [0.05, 0.1) is 12.2 Å². The number of hydrogen-bond donors (Lipinski definition) is 1. The molecule has 1 aliphatic heterocycles. The second-order valence-corrected chi connectivity index (χ2v) is 5.74. The maximum Gasteiger partial charge on any atom is 0.439 e. The summed E-state index contributed by atoms with van der Waals surface area (Å²) in [5, 5.41) is 2.54. The average Bonchev–Trinajstić information content (AvgIpc) is 3.32. The first-order valence-electron chi connectivity index (χ1n) is 7.43. The van der Waals surface area contributed by atoms with E-state index in [0.29, 0.717) is 17.7 Å². The Kier molecular flexibility index (Phi) is 4.01. The van der Waals surface area contributed by atoms with Crippen LogP contribution in [-0.2, 0) is 9.53 Å². The van der Waals surface area contributed by atoms with Crippen LogP contribution in [0.25, 0.3) is 0 Å². The van der Waals surface area contributed by atoms with Crippen LogP contribution in [0.2, 0.25) is 0 Å². The van der Waals surface area contributed by atoms with Gasteiger partial charge < -0.3 is 15.0 Å². The average molecular weight is 323 g/mol. The fourth-order valence-electron chi connectivity index (χ4n) is 2.53. The summed E-state index contributed by atoms with van der Waals surface area (Å²) in [6.07, 6.45) is 1.76. The molecule has 124 valence electrons. The van der Waals surface area contributed by atoms with E-state index in [9.17, 15) is 14.1 Å². The van der Waals surface area contributed by atoms with Gasteiger partial charge in [-0.05, 0) is 18.9 Å². The van der Waals surface area contributed by atoms with E-state index in [1.54, 1.807) is 6.07 Å². The Balaban J connectivity index is 1.83. The quantitative estimate of drug-likeness (QED) is 0.812. The molecule has 3 rings (SSSR count). The molecule has 1 aliphatic carbocycles. The van der Waals surface area contributed by atoms with Crippen LogP contribution in [0, 0.1) is 0 Å². The zero-order valence-corrected chi connectivity index (χ0v) is 12.9. The fourth-order valence-corrected chi connectivity index (χ4v) is 2.53. The van der Waals surface area contributed by atoms with E-state index in [1.807, 2.05) is 11.9 Å². The third kappa shape index (κ3) is 3.17. The van der Waals surface area contributed by atoms with E-state index in [-0.39, 0.29) is 17.6 Å². The number of aromatic nitrogens is 2. The van der Waals surface area contributed by atoms with E-state index in [1.165, 1.54) is 13.1 Å². The molecule has 1 N–H and O–H groups in total. The van der Waals surface area contributed by atoms with Gasteiger partial charge in [-0.2, -0.15) is 0 Å². The summed E-state index contributed by atoms with van der Waals surface area (Å²) in [5.74, 6) is 0.199. The molecule has 2 heterocycles. The highest BCUT2D eigenvalue weighted by atomic mass is 19.2. The number of halogens is 1. The molecule has 2 atom stereocenters. The molecular weight excluding hydrogens is 305 g/mol. The van der Waals surface area contributed by atoms with Gasteiger partial charge in [-0.1, -0.05) is 4.48 Å². The Morgan fingerprint density at radius 1 is 1.57 bits per heavy atom. The second kappa shape index (κ2) is 5.98. The van der Waals surface area contributed by atoms with Gasteiger partial charge in [0.1, 0.15) is 12.1 Å². The summed E-state index contributed by atoms with van der Waals surface area (Å²) in [6, 6.07) is 0.941. The lowest BCUT2D eigenvalue weighted by atomic mass is 10.1. The van der Waals surface area contributed by atoms with Crippen molar-refractivity contribution in [3.8, 4) is 0 Å². The number of carbonyl (C=O) groups excluding carboxylic acids is 2. The van der Waals surface area contributed by atoms with Crippen molar-refractivity contribution in [3.05, 3.63) is 18.0 Å². The Bertz CT molecular complexity index is 624. The van der Waals surface area contributed by atoms with Gasteiger partial charge in [-0.3, -0.25) is 4.79 Å². The fraction of sp³-hybridized carbons (Fsp3) is 0.571. The van der Waals surface area contributed by atoms with Gasteiger partial charge in [0.15, 0.2) is 0 Å². The van der Waals surface area contributed by atoms with Crippen molar-refractivity contribution >= 4 is 17.9 Å². The van der Waals surface area contributed by atoms with Crippen molar-refractivity contribution in [2.75, 3.05) is 18.5 Å². The first kappa shape index (κ1) is 15.4. The lowest BCUT2D eigenvalue weighted by molar-refractivity contribution is -0.119. The highest BCUT2D eigenvalue weighted by molar-refractivity contribution is 5.73. The minimum Gasteiger partial charge on any atom is -0.440 e. The second-order valence-electron chi connectivity index (χ2n) is 5.74. The number of anilines is 1. The van der Waals surface area contributed by atoms with Gasteiger partial charge in [-0.25, -0.2) is 14.8 Å². The van der Waals surface area contributed by atoms with Crippen LogP contribution in [0.15, 0.2) is 12.3 Å². The molecule has 23 heavy (non-hydrogen) atoms. The topological polar surface area (TPSA) is 87.7 Å². The summed E-state index contributed by atoms with van der Waals surface area (Å²) < 4.78 is 19.1. The molecule has 1 unspecified atom stereocenters. The molecule has 0 spiro atoms. The van der Waals surface area contributed by atoms with Crippen LogP contribution in [-0.4, -0.2) is 52.8 Å². The van der Waals surface area contributed by atoms with Crippen molar-refractivity contribution in [2.24, 2.45) is 0 Å². The summed E-state index contributed by atoms with van der Waals surface area (Å²) in [5.41, 5.74) is 0.339. The molecule has 0 bridgehead atoms. The molecule has 1 aromatic rings. The number of ether oxygens (including phenoxy) is 1. The van der Waals surface area contributed by atoms with Crippen LogP contribution in [0.5, 0.6) is 0 Å². The van der Waals surface area contributed by atoms with Crippen LogP contribution < -0.4 is 10.2 Å². The Hall–Kier alpha value is -2.45. The van der Waals surface area contributed by atoms with E-state index in [2.05, 4.69) is 15.3 Å². The van der Waals surface area contributed by atoms with Crippen molar-refractivity contribution < 1.29 is 18.8 Å². The Labute approximate surface area is 132 Å². The van der Waals surface area contributed by atoms with Crippen LogP contribution >= 0.6 is 0 Å². The maximum atomic E-state index is 14.1. The Morgan fingerprint density at radius 2 is 2.30 bits per heavy atom. The van der Waals surface area contributed by atoms with E-state index in [0.717, 1.165) is 12.8 Å². The summed E-state index contributed by atoms with van der Waals surface area (Å²) in [4.78, 5) is 33.0. The molecule has 1 saturated heterocycles. The van der Waals surface area contributed by atoms with E-state index < -0.39 is 18.2 Å². The van der Waals surface area contributed by atoms with Crippen molar-refractivity contribution in [3.63, 3.8) is 0 Å². The third-order valence-corrected chi connectivity index (χ3v) is 3.95. The molecule has 0 aromatic carbocycles. The zero-order chi connectivity index (χ0) is 16.6. The highest BCUT2D eigenvalue weighted by Crippen LogP contribution is 2.34. The smallest absolute Gasteiger partial charge is 0.439 e. The lowest BCUT2D eigenvalue weighted by Gasteiger charge is -2.21. The molecule has 0 radical (unpaired) electrons. The third-order valence-electron chi connectivity index (χ3n) is 3.95. The van der Waals surface area contributed by atoms with Gasteiger partial charge >= 0.3 is 6.09 Å². The van der Waals surface area contributed by atoms with Crippen molar-refractivity contribution in [1.29, 1.82) is 0 Å². The molecule has 1 saturated carbocycles. The number of nitrogens with zero attached hydrogens (tertiary/aromatic N) is 4.